The number of carbonyl (C=O) groups excluding carboxylic acids is 1. The van der Waals surface area contributed by atoms with E-state index in [-0.39, 0.29) is 28.3 Å². The molecule has 1 saturated carbocycles. The molecule has 0 radical (unpaired) electrons. The Hall–Kier alpha value is -0.840. The molecule has 1 aliphatic rings. The molecular weight excluding hydrogens is 263 g/mol. The van der Waals surface area contributed by atoms with E-state index in [4.69, 9.17) is 23.2 Å². The molecule has 1 atom stereocenters. The number of halogens is 2. The van der Waals surface area contributed by atoms with Gasteiger partial charge >= 0.3 is 0 Å². The van der Waals surface area contributed by atoms with Crippen LogP contribution in [0, 0.1) is 5.92 Å². The van der Waals surface area contributed by atoms with Crippen LogP contribution in [0.3, 0.4) is 0 Å². The third-order valence-electron chi connectivity index (χ3n) is 2.70. The van der Waals surface area contributed by atoms with Crippen molar-refractivity contribution >= 4 is 29.1 Å². The lowest BCUT2D eigenvalue weighted by Gasteiger charge is -2.11. The van der Waals surface area contributed by atoms with E-state index in [0.29, 0.717) is 5.92 Å². The van der Waals surface area contributed by atoms with Gasteiger partial charge in [-0.05, 0) is 30.9 Å². The van der Waals surface area contributed by atoms with Gasteiger partial charge in [-0.25, -0.2) is 4.98 Å². The summed E-state index contributed by atoms with van der Waals surface area (Å²) in [6.45, 7) is 0.239. The number of pyridine rings is 1. The summed E-state index contributed by atoms with van der Waals surface area (Å²) in [5.41, 5.74) is 0.263. The Morgan fingerprint density at radius 1 is 1.53 bits per heavy atom. The quantitative estimate of drug-likeness (QED) is 0.825. The van der Waals surface area contributed by atoms with Crippen LogP contribution in [0.4, 0.5) is 0 Å². The van der Waals surface area contributed by atoms with Gasteiger partial charge in [-0.1, -0.05) is 23.2 Å². The summed E-state index contributed by atoms with van der Waals surface area (Å²) in [4.78, 5) is 15.5. The Morgan fingerprint density at radius 2 is 2.24 bits per heavy atom. The highest BCUT2D eigenvalue weighted by atomic mass is 35.5. The van der Waals surface area contributed by atoms with Gasteiger partial charge in [0.25, 0.3) is 5.91 Å². The van der Waals surface area contributed by atoms with Gasteiger partial charge in [0.15, 0.2) is 0 Å². The number of amides is 1. The van der Waals surface area contributed by atoms with E-state index in [1.807, 2.05) is 0 Å². The average molecular weight is 275 g/mol. The second-order valence-electron chi connectivity index (χ2n) is 4.09. The van der Waals surface area contributed by atoms with Gasteiger partial charge in [-0.15, -0.1) is 0 Å². The molecular formula is C11H12Cl2N2O2. The molecule has 1 heterocycles. The highest BCUT2D eigenvalue weighted by molar-refractivity contribution is 6.34. The van der Waals surface area contributed by atoms with Gasteiger partial charge in [0.2, 0.25) is 0 Å². The molecule has 0 saturated heterocycles. The minimum atomic E-state index is -0.474. The molecule has 0 aliphatic heterocycles. The lowest BCUT2D eigenvalue weighted by atomic mass is 10.2. The van der Waals surface area contributed by atoms with Crippen LogP contribution in [0.15, 0.2) is 12.1 Å². The molecule has 17 heavy (non-hydrogen) atoms. The van der Waals surface area contributed by atoms with E-state index in [1.165, 1.54) is 12.1 Å². The van der Waals surface area contributed by atoms with Gasteiger partial charge in [0, 0.05) is 6.54 Å². The zero-order chi connectivity index (χ0) is 12.4. The number of rotatable bonds is 4. The maximum Gasteiger partial charge on any atom is 0.254 e. The van der Waals surface area contributed by atoms with E-state index < -0.39 is 6.10 Å². The fraction of sp³-hybridized carbons (Fsp3) is 0.455. The van der Waals surface area contributed by atoms with Crippen molar-refractivity contribution in [2.45, 2.75) is 18.9 Å². The number of carbonyl (C=O) groups is 1. The number of nitrogens with one attached hydrogen (secondary N) is 1. The maximum absolute atomic E-state index is 11.7. The number of nitrogens with zero attached hydrogens (tertiary/aromatic N) is 1. The Kier molecular flexibility index (Phi) is 3.86. The van der Waals surface area contributed by atoms with Gasteiger partial charge < -0.3 is 10.4 Å². The third-order valence-corrected chi connectivity index (χ3v) is 3.20. The molecule has 6 heteroatoms. The SMILES string of the molecule is O=C(NCC(O)C1CC1)c1ccc(Cl)nc1Cl. The second-order valence-corrected chi connectivity index (χ2v) is 4.83. The van der Waals surface area contributed by atoms with Crippen LogP contribution in [0.1, 0.15) is 23.2 Å². The lowest BCUT2D eigenvalue weighted by Crippen LogP contribution is -2.33. The second kappa shape index (κ2) is 5.21. The van der Waals surface area contributed by atoms with Crippen molar-refractivity contribution in [3.05, 3.63) is 28.0 Å². The molecule has 92 valence electrons. The summed E-state index contributed by atoms with van der Waals surface area (Å²) in [5, 5.41) is 12.5. The van der Waals surface area contributed by atoms with E-state index in [2.05, 4.69) is 10.3 Å². The number of aliphatic hydroxyl groups is 1. The van der Waals surface area contributed by atoms with Crippen molar-refractivity contribution < 1.29 is 9.90 Å². The first-order chi connectivity index (χ1) is 8.08. The topological polar surface area (TPSA) is 62.2 Å². The Morgan fingerprint density at radius 3 is 2.82 bits per heavy atom. The molecule has 1 aliphatic carbocycles. The minimum Gasteiger partial charge on any atom is -0.391 e. The number of aromatic nitrogens is 1. The summed E-state index contributed by atoms with van der Waals surface area (Å²) in [6.07, 6.45) is 1.58. The third kappa shape index (κ3) is 3.31. The Labute approximate surface area is 109 Å². The molecule has 2 rings (SSSR count). The van der Waals surface area contributed by atoms with E-state index in [9.17, 15) is 9.90 Å². The standard InChI is InChI=1S/C11H12Cl2N2O2/c12-9-4-3-7(10(13)15-9)11(17)14-5-8(16)6-1-2-6/h3-4,6,8,16H,1-2,5H2,(H,14,17). The van der Waals surface area contributed by atoms with Gasteiger partial charge in [0.1, 0.15) is 10.3 Å². The summed E-state index contributed by atoms with van der Waals surface area (Å²) >= 11 is 11.4. The van der Waals surface area contributed by atoms with Crippen molar-refractivity contribution in [2.75, 3.05) is 6.54 Å². The van der Waals surface area contributed by atoms with Crippen molar-refractivity contribution in [1.82, 2.24) is 10.3 Å². The molecule has 0 spiro atoms. The molecule has 1 aromatic rings. The van der Waals surface area contributed by atoms with Crippen LogP contribution in [0.25, 0.3) is 0 Å². The molecule has 1 fully saturated rings. The van der Waals surface area contributed by atoms with E-state index in [0.717, 1.165) is 12.8 Å². The summed E-state index contributed by atoms with van der Waals surface area (Å²) in [5.74, 6) is -0.0204. The molecule has 4 nitrogen and oxygen atoms in total. The highest BCUT2D eigenvalue weighted by Gasteiger charge is 2.29. The Balaban J connectivity index is 1.94. The first-order valence-corrected chi connectivity index (χ1v) is 6.12. The average Bonchev–Trinajstić information content (AvgIpc) is 3.09. The van der Waals surface area contributed by atoms with Gasteiger partial charge in [0.05, 0.1) is 11.7 Å². The normalized spacial score (nSPS) is 16.6. The smallest absolute Gasteiger partial charge is 0.254 e. The van der Waals surface area contributed by atoms with Crippen LogP contribution in [-0.4, -0.2) is 28.6 Å². The summed E-state index contributed by atoms with van der Waals surface area (Å²) in [7, 11) is 0. The van der Waals surface area contributed by atoms with Crippen LogP contribution in [0.5, 0.6) is 0 Å². The minimum absolute atomic E-state index is 0.0657. The first kappa shape index (κ1) is 12.6. The van der Waals surface area contributed by atoms with Gasteiger partial charge in [-0.3, -0.25) is 4.79 Å². The molecule has 1 aromatic heterocycles. The number of hydrogen-bond acceptors (Lipinski definition) is 3. The molecule has 1 amide bonds. The molecule has 0 aromatic carbocycles. The highest BCUT2D eigenvalue weighted by Crippen LogP contribution is 2.32. The largest absolute Gasteiger partial charge is 0.391 e. The number of hydrogen-bond donors (Lipinski definition) is 2. The van der Waals surface area contributed by atoms with Crippen molar-refractivity contribution in [1.29, 1.82) is 0 Å². The van der Waals surface area contributed by atoms with E-state index in [1.54, 1.807) is 0 Å². The van der Waals surface area contributed by atoms with Crippen LogP contribution >= 0.6 is 23.2 Å². The monoisotopic (exact) mass is 274 g/mol. The predicted octanol–water partition coefficient (Wildman–Crippen LogP) is 1.89. The zero-order valence-corrected chi connectivity index (χ0v) is 10.5. The molecule has 2 N–H and O–H groups in total. The fourth-order valence-electron chi connectivity index (χ4n) is 1.52. The van der Waals surface area contributed by atoms with Crippen LogP contribution < -0.4 is 5.32 Å². The fourth-order valence-corrected chi connectivity index (χ4v) is 1.95. The Bertz CT molecular complexity index is 435. The van der Waals surface area contributed by atoms with Crippen LogP contribution in [-0.2, 0) is 0 Å². The van der Waals surface area contributed by atoms with E-state index >= 15 is 0 Å². The van der Waals surface area contributed by atoms with Gasteiger partial charge in [-0.2, -0.15) is 0 Å². The zero-order valence-electron chi connectivity index (χ0n) is 8.99. The first-order valence-electron chi connectivity index (χ1n) is 5.36. The molecule has 0 bridgehead atoms. The van der Waals surface area contributed by atoms with Crippen LogP contribution in [0.2, 0.25) is 10.3 Å². The predicted molar refractivity (Wildman–Crippen MR) is 65.3 cm³/mol. The lowest BCUT2D eigenvalue weighted by molar-refractivity contribution is 0.0901. The number of aliphatic hydroxyl groups excluding tert-OH is 1. The van der Waals surface area contributed by atoms with Crippen molar-refractivity contribution in [2.24, 2.45) is 5.92 Å². The van der Waals surface area contributed by atoms with Crippen molar-refractivity contribution in [3.8, 4) is 0 Å². The molecule has 1 unspecified atom stereocenters. The summed E-state index contributed by atoms with van der Waals surface area (Å²) < 4.78 is 0. The summed E-state index contributed by atoms with van der Waals surface area (Å²) in [6, 6.07) is 3.01. The van der Waals surface area contributed by atoms with Crippen molar-refractivity contribution in [3.63, 3.8) is 0 Å². The maximum atomic E-state index is 11.7.